The number of hydrogen-bond donors (Lipinski definition) is 1. The van der Waals surface area contributed by atoms with E-state index in [9.17, 15) is 0 Å². The summed E-state index contributed by atoms with van der Waals surface area (Å²) in [6.45, 7) is 3.07. The Kier molecular flexibility index (Phi) is 3.78. The smallest absolute Gasteiger partial charge is 0.185 e. The first-order valence-electron chi connectivity index (χ1n) is 7.96. The average molecular weight is 334 g/mol. The zero-order chi connectivity index (χ0) is 16.5. The molecule has 4 aromatic rings. The largest absolute Gasteiger partial charge is 0.351 e. The third kappa shape index (κ3) is 2.57. The summed E-state index contributed by atoms with van der Waals surface area (Å²) in [4.78, 5) is 14.8. The topological polar surface area (TPSA) is 44.8 Å². The van der Waals surface area contributed by atoms with Crippen molar-refractivity contribution in [2.75, 3.05) is 18.5 Å². The van der Waals surface area contributed by atoms with Gasteiger partial charge in [0.2, 0.25) is 0 Å². The van der Waals surface area contributed by atoms with Crippen LogP contribution in [-0.4, -0.2) is 28.5 Å². The fourth-order valence-corrected chi connectivity index (χ4v) is 3.56. The number of nitrogens with one attached hydrogen (secondary N) is 1. The number of aromatic amines is 1. The second-order valence-corrected chi connectivity index (χ2v) is 6.55. The van der Waals surface area contributed by atoms with Crippen molar-refractivity contribution in [3.8, 4) is 22.4 Å². The van der Waals surface area contributed by atoms with Crippen molar-refractivity contribution in [3.63, 3.8) is 0 Å². The lowest BCUT2D eigenvalue weighted by Gasteiger charge is -2.11. The Labute approximate surface area is 144 Å². The molecule has 0 unspecified atom stereocenters. The van der Waals surface area contributed by atoms with Gasteiger partial charge in [-0.05, 0) is 18.6 Å². The van der Waals surface area contributed by atoms with Gasteiger partial charge in [-0.3, -0.25) is 0 Å². The molecule has 4 rings (SSSR count). The van der Waals surface area contributed by atoms with Crippen molar-refractivity contribution >= 4 is 27.5 Å². The minimum Gasteiger partial charge on any atom is -0.351 e. The molecular formula is C19H18N4S. The van der Waals surface area contributed by atoms with Gasteiger partial charge in [-0.1, -0.05) is 30.3 Å². The summed E-state index contributed by atoms with van der Waals surface area (Å²) in [5.74, 6) is 0. The van der Waals surface area contributed by atoms with Gasteiger partial charge in [0.05, 0.1) is 5.69 Å². The molecule has 0 radical (unpaired) electrons. The maximum absolute atomic E-state index is 4.77. The summed E-state index contributed by atoms with van der Waals surface area (Å²) in [6.07, 6.45) is 3.91. The van der Waals surface area contributed by atoms with Gasteiger partial charge in [-0.25, -0.2) is 9.97 Å². The van der Waals surface area contributed by atoms with Crippen molar-refractivity contribution in [1.29, 1.82) is 0 Å². The second-order valence-electron chi connectivity index (χ2n) is 5.72. The minimum absolute atomic E-state index is 0.892. The SMILES string of the molecule is CCN(C)c1nc(-c2c[nH]c3ncc(-c4ccccc4)cc23)cs1. The molecule has 0 amide bonds. The third-order valence-corrected chi connectivity index (χ3v) is 5.16. The number of rotatable bonds is 4. The maximum atomic E-state index is 4.77. The van der Waals surface area contributed by atoms with Crippen LogP contribution in [0.5, 0.6) is 0 Å². The molecule has 3 aromatic heterocycles. The number of aromatic nitrogens is 3. The third-order valence-electron chi connectivity index (χ3n) is 4.21. The van der Waals surface area contributed by atoms with Gasteiger partial charge in [0.1, 0.15) is 5.65 Å². The summed E-state index contributed by atoms with van der Waals surface area (Å²) in [5, 5.41) is 4.25. The van der Waals surface area contributed by atoms with E-state index in [1.165, 1.54) is 5.56 Å². The molecule has 3 heterocycles. The molecule has 4 nitrogen and oxygen atoms in total. The molecule has 1 aromatic carbocycles. The number of hydrogen-bond acceptors (Lipinski definition) is 4. The lowest BCUT2D eigenvalue weighted by atomic mass is 10.1. The van der Waals surface area contributed by atoms with Crippen LogP contribution in [0.3, 0.4) is 0 Å². The molecule has 5 heteroatoms. The Hall–Kier alpha value is -2.66. The molecular weight excluding hydrogens is 316 g/mol. The van der Waals surface area contributed by atoms with Crippen LogP contribution in [0.25, 0.3) is 33.4 Å². The number of nitrogens with zero attached hydrogens (tertiary/aromatic N) is 3. The Morgan fingerprint density at radius 3 is 2.79 bits per heavy atom. The Balaban J connectivity index is 1.80. The molecule has 0 saturated carbocycles. The predicted molar refractivity (Wildman–Crippen MR) is 102 cm³/mol. The van der Waals surface area contributed by atoms with Crippen molar-refractivity contribution in [1.82, 2.24) is 15.0 Å². The van der Waals surface area contributed by atoms with Crippen LogP contribution in [0, 0.1) is 0 Å². The molecule has 1 N–H and O–H groups in total. The van der Waals surface area contributed by atoms with Crippen LogP contribution in [0.1, 0.15) is 6.92 Å². The lowest BCUT2D eigenvalue weighted by molar-refractivity contribution is 0.959. The van der Waals surface area contributed by atoms with Gasteiger partial charge < -0.3 is 9.88 Å². The molecule has 0 fully saturated rings. The zero-order valence-electron chi connectivity index (χ0n) is 13.7. The first-order chi connectivity index (χ1) is 11.8. The fraction of sp³-hybridized carbons (Fsp3) is 0.158. The molecule has 0 aliphatic carbocycles. The lowest BCUT2D eigenvalue weighted by Crippen LogP contribution is -2.15. The summed E-state index contributed by atoms with van der Waals surface area (Å²) in [5.41, 5.74) is 5.27. The van der Waals surface area contributed by atoms with E-state index in [0.717, 1.165) is 39.5 Å². The van der Waals surface area contributed by atoms with Gasteiger partial charge in [0.25, 0.3) is 0 Å². The summed E-state index contributed by atoms with van der Waals surface area (Å²) < 4.78 is 0. The molecule has 24 heavy (non-hydrogen) atoms. The predicted octanol–water partition coefficient (Wildman–Crippen LogP) is 4.81. The van der Waals surface area contributed by atoms with E-state index >= 15 is 0 Å². The normalized spacial score (nSPS) is 11.1. The van der Waals surface area contributed by atoms with E-state index in [1.54, 1.807) is 11.3 Å². The van der Waals surface area contributed by atoms with E-state index in [0.29, 0.717) is 0 Å². The molecule has 0 aliphatic rings. The van der Waals surface area contributed by atoms with E-state index in [2.05, 4.69) is 52.4 Å². The van der Waals surface area contributed by atoms with Gasteiger partial charge in [0.15, 0.2) is 5.13 Å². The van der Waals surface area contributed by atoms with Gasteiger partial charge >= 0.3 is 0 Å². The number of thiazole rings is 1. The van der Waals surface area contributed by atoms with Crippen LogP contribution >= 0.6 is 11.3 Å². The highest BCUT2D eigenvalue weighted by Crippen LogP contribution is 2.33. The maximum Gasteiger partial charge on any atom is 0.185 e. The molecule has 0 aliphatic heterocycles. The van der Waals surface area contributed by atoms with E-state index in [4.69, 9.17) is 4.98 Å². The van der Waals surface area contributed by atoms with Crippen molar-refractivity contribution < 1.29 is 0 Å². The minimum atomic E-state index is 0.892. The molecule has 120 valence electrons. The van der Waals surface area contributed by atoms with Crippen LogP contribution in [0.2, 0.25) is 0 Å². The number of benzene rings is 1. The van der Waals surface area contributed by atoms with Crippen molar-refractivity contribution in [3.05, 3.63) is 54.2 Å². The second kappa shape index (κ2) is 6.09. The van der Waals surface area contributed by atoms with Crippen LogP contribution in [-0.2, 0) is 0 Å². The highest BCUT2D eigenvalue weighted by atomic mass is 32.1. The molecule has 0 spiro atoms. The highest BCUT2D eigenvalue weighted by Gasteiger charge is 2.13. The number of pyridine rings is 1. The number of anilines is 1. The summed E-state index contributed by atoms with van der Waals surface area (Å²) in [7, 11) is 2.06. The average Bonchev–Trinajstić information content (AvgIpc) is 3.28. The number of fused-ring (bicyclic) bond motifs is 1. The Bertz CT molecular complexity index is 971. The van der Waals surface area contributed by atoms with E-state index in [1.807, 2.05) is 30.6 Å². The number of H-pyrrole nitrogens is 1. The Morgan fingerprint density at radius 1 is 1.17 bits per heavy atom. The fourth-order valence-electron chi connectivity index (χ4n) is 2.70. The Morgan fingerprint density at radius 2 is 2.00 bits per heavy atom. The first-order valence-corrected chi connectivity index (χ1v) is 8.84. The first kappa shape index (κ1) is 14.9. The van der Waals surface area contributed by atoms with Crippen molar-refractivity contribution in [2.24, 2.45) is 0 Å². The quantitative estimate of drug-likeness (QED) is 0.582. The van der Waals surface area contributed by atoms with Crippen LogP contribution in [0.15, 0.2) is 54.2 Å². The van der Waals surface area contributed by atoms with E-state index < -0.39 is 0 Å². The van der Waals surface area contributed by atoms with Gasteiger partial charge in [-0.2, -0.15) is 0 Å². The van der Waals surface area contributed by atoms with Crippen LogP contribution < -0.4 is 4.90 Å². The zero-order valence-corrected chi connectivity index (χ0v) is 14.5. The standard InChI is InChI=1S/C19H18N4S/c1-3-23(2)19-22-17(12-24-19)16-11-21-18-15(16)9-14(10-20-18)13-7-5-4-6-8-13/h4-12H,3H2,1-2H3,(H,20,21). The van der Waals surface area contributed by atoms with Gasteiger partial charge in [-0.15, -0.1) is 11.3 Å². The highest BCUT2D eigenvalue weighted by molar-refractivity contribution is 7.14. The molecule has 0 saturated heterocycles. The molecule has 0 bridgehead atoms. The monoisotopic (exact) mass is 334 g/mol. The van der Waals surface area contributed by atoms with Gasteiger partial charge in [0, 0.05) is 47.9 Å². The van der Waals surface area contributed by atoms with E-state index in [-0.39, 0.29) is 0 Å². The molecule has 0 atom stereocenters. The summed E-state index contributed by atoms with van der Waals surface area (Å²) in [6, 6.07) is 12.5. The van der Waals surface area contributed by atoms with Crippen molar-refractivity contribution in [2.45, 2.75) is 6.92 Å². The summed E-state index contributed by atoms with van der Waals surface area (Å²) >= 11 is 1.67. The van der Waals surface area contributed by atoms with Crippen LogP contribution in [0.4, 0.5) is 5.13 Å².